The molecular formula is C16H26N6O3. The molecule has 1 aromatic heterocycles. The number of tetrazole rings is 1. The van der Waals surface area contributed by atoms with E-state index in [0.29, 0.717) is 32.1 Å². The third-order valence-corrected chi connectivity index (χ3v) is 5.74. The zero-order chi connectivity index (χ0) is 17.9. The van der Waals surface area contributed by atoms with Crippen molar-refractivity contribution >= 4 is 11.9 Å². The van der Waals surface area contributed by atoms with Crippen LogP contribution in [0.4, 0.5) is 5.95 Å². The van der Waals surface area contributed by atoms with Crippen molar-refractivity contribution in [3.8, 4) is 0 Å². The van der Waals surface area contributed by atoms with E-state index >= 15 is 0 Å². The Morgan fingerprint density at radius 1 is 1.24 bits per heavy atom. The van der Waals surface area contributed by atoms with E-state index in [4.69, 9.17) is 4.74 Å². The molecule has 1 aliphatic carbocycles. The number of rotatable bonds is 3. The van der Waals surface area contributed by atoms with Gasteiger partial charge < -0.3 is 19.6 Å². The predicted molar refractivity (Wildman–Crippen MR) is 88.9 cm³/mol. The monoisotopic (exact) mass is 350 g/mol. The fourth-order valence-electron chi connectivity index (χ4n) is 4.48. The van der Waals surface area contributed by atoms with Crippen LogP contribution in [0.25, 0.3) is 0 Å². The van der Waals surface area contributed by atoms with Gasteiger partial charge in [-0.15, -0.1) is 0 Å². The van der Waals surface area contributed by atoms with E-state index in [1.165, 1.54) is 0 Å². The Morgan fingerprint density at radius 2 is 1.96 bits per heavy atom. The van der Waals surface area contributed by atoms with Gasteiger partial charge in [-0.2, -0.15) is 0 Å². The molecule has 0 bridgehead atoms. The Labute approximate surface area is 146 Å². The van der Waals surface area contributed by atoms with Gasteiger partial charge in [0, 0.05) is 13.6 Å². The summed E-state index contributed by atoms with van der Waals surface area (Å²) in [6.45, 7) is 6.40. The SMILES string of the molecule is Cn1nnnc1N1CC2(CN(C(=O)C3(CO)CCC3)CC(C)(C)O2)C1. The lowest BCUT2D eigenvalue weighted by Crippen LogP contribution is -2.75. The minimum absolute atomic E-state index is 0.0621. The van der Waals surface area contributed by atoms with E-state index in [2.05, 4.69) is 20.4 Å². The summed E-state index contributed by atoms with van der Waals surface area (Å²) >= 11 is 0. The Balaban J connectivity index is 1.51. The Kier molecular flexibility index (Phi) is 3.59. The highest BCUT2D eigenvalue weighted by atomic mass is 16.5. The molecule has 9 heteroatoms. The maximum absolute atomic E-state index is 13.1. The summed E-state index contributed by atoms with van der Waals surface area (Å²) in [5, 5.41) is 21.3. The standard InChI is InChI=1S/C16H26N6O3/c1-14(2)7-21(12(24)15(11-23)5-4-6-15)8-16(25-14)9-22(10-16)13-17-18-19-20(13)3/h23H,4-11H2,1-3H3. The lowest BCUT2D eigenvalue weighted by Gasteiger charge is -2.59. The highest BCUT2D eigenvalue weighted by molar-refractivity contribution is 5.84. The van der Waals surface area contributed by atoms with E-state index in [1.807, 2.05) is 25.8 Å². The molecule has 1 amide bonds. The molecule has 0 aromatic carbocycles. The molecule has 138 valence electrons. The summed E-state index contributed by atoms with van der Waals surface area (Å²) in [5.41, 5.74) is -1.38. The zero-order valence-electron chi connectivity index (χ0n) is 15.1. The topological polar surface area (TPSA) is 96.6 Å². The van der Waals surface area contributed by atoms with Gasteiger partial charge in [-0.25, -0.2) is 4.68 Å². The summed E-state index contributed by atoms with van der Waals surface area (Å²) in [6, 6.07) is 0. The Hall–Kier alpha value is -1.74. The average molecular weight is 350 g/mol. The molecule has 4 rings (SSSR count). The number of hydrogen-bond donors (Lipinski definition) is 1. The van der Waals surface area contributed by atoms with Gasteiger partial charge in [0.2, 0.25) is 11.9 Å². The van der Waals surface area contributed by atoms with Crippen LogP contribution in [0.1, 0.15) is 33.1 Å². The highest BCUT2D eigenvalue weighted by Gasteiger charge is 2.56. The normalized spacial score (nSPS) is 26.2. The maximum Gasteiger partial charge on any atom is 0.245 e. The molecular weight excluding hydrogens is 324 g/mol. The number of amides is 1. The van der Waals surface area contributed by atoms with E-state index in [9.17, 15) is 9.90 Å². The van der Waals surface area contributed by atoms with Crippen molar-refractivity contribution in [2.24, 2.45) is 12.5 Å². The molecule has 0 atom stereocenters. The minimum Gasteiger partial charge on any atom is -0.395 e. The number of carbonyl (C=O) groups excluding carboxylic acids is 1. The Morgan fingerprint density at radius 3 is 2.48 bits per heavy atom. The number of nitrogens with zero attached hydrogens (tertiary/aromatic N) is 6. The zero-order valence-corrected chi connectivity index (χ0v) is 15.1. The van der Waals surface area contributed by atoms with Crippen LogP contribution in [-0.4, -0.2) is 80.1 Å². The third kappa shape index (κ3) is 2.60. The first-order valence-corrected chi connectivity index (χ1v) is 8.86. The number of hydrogen-bond acceptors (Lipinski definition) is 7. The molecule has 9 nitrogen and oxygen atoms in total. The summed E-state index contributed by atoms with van der Waals surface area (Å²) in [4.78, 5) is 17.0. The smallest absolute Gasteiger partial charge is 0.245 e. The Bertz CT molecular complexity index is 672. The van der Waals surface area contributed by atoms with Gasteiger partial charge in [-0.05, 0) is 37.1 Å². The number of aliphatic hydroxyl groups is 1. The van der Waals surface area contributed by atoms with E-state index < -0.39 is 16.6 Å². The molecule has 0 unspecified atom stereocenters. The lowest BCUT2D eigenvalue weighted by molar-refractivity contribution is -0.215. The lowest BCUT2D eigenvalue weighted by atomic mass is 9.68. The molecule has 1 saturated carbocycles. The third-order valence-electron chi connectivity index (χ3n) is 5.74. The first kappa shape index (κ1) is 16.7. The summed E-state index contributed by atoms with van der Waals surface area (Å²) < 4.78 is 8.01. The quantitative estimate of drug-likeness (QED) is 0.790. The molecule has 3 fully saturated rings. The van der Waals surface area contributed by atoms with E-state index in [0.717, 1.165) is 19.3 Å². The fourth-order valence-corrected chi connectivity index (χ4v) is 4.48. The number of aryl methyl sites for hydroxylation is 1. The number of morpholine rings is 1. The number of anilines is 1. The second kappa shape index (κ2) is 5.38. The number of ether oxygens (including phenoxy) is 1. The van der Waals surface area contributed by atoms with E-state index in [1.54, 1.807) is 4.68 Å². The highest BCUT2D eigenvalue weighted by Crippen LogP contribution is 2.44. The van der Waals surface area contributed by atoms with Crippen molar-refractivity contribution in [1.82, 2.24) is 25.1 Å². The predicted octanol–water partition coefficient (Wildman–Crippen LogP) is -0.431. The van der Waals surface area contributed by atoms with Crippen LogP contribution in [0.5, 0.6) is 0 Å². The van der Waals surface area contributed by atoms with Crippen molar-refractivity contribution in [3.05, 3.63) is 0 Å². The molecule has 2 saturated heterocycles. The van der Waals surface area contributed by atoms with Gasteiger partial charge in [0.05, 0.1) is 37.3 Å². The first-order valence-electron chi connectivity index (χ1n) is 8.86. The van der Waals surface area contributed by atoms with Gasteiger partial charge in [0.1, 0.15) is 5.60 Å². The van der Waals surface area contributed by atoms with Crippen LogP contribution in [-0.2, 0) is 16.6 Å². The van der Waals surface area contributed by atoms with Gasteiger partial charge in [0.25, 0.3) is 0 Å². The number of aromatic nitrogens is 4. The second-order valence-electron chi connectivity index (χ2n) is 8.46. The maximum atomic E-state index is 13.1. The van der Waals surface area contributed by atoms with Crippen LogP contribution in [0.2, 0.25) is 0 Å². The van der Waals surface area contributed by atoms with Crippen molar-refractivity contribution in [2.75, 3.05) is 37.7 Å². The van der Waals surface area contributed by atoms with Crippen molar-refractivity contribution in [3.63, 3.8) is 0 Å². The number of aliphatic hydroxyl groups excluding tert-OH is 1. The minimum atomic E-state index is -0.564. The van der Waals surface area contributed by atoms with Crippen LogP contribution >= 0.6 is 0 Å². The molecule has 1 N–H and O–H groups in total. The summed E-state index contributed by atoms with van der Waals surface area (Å²) in [6.07, 6.45) is 2.58. The molecule has 3 heterocycles. The van der Waals surface area contributed by atoms with Crippen molar-refractivity contribution in [2.45, 2.75) is 44.3 Å². The molecule has 1 spiro atoms. The molecule has 25 heavy (non-hydrogen) atoms. The average Bonchev–Trinajstić information content (AvgIpc) is 2.88. The fraction of sp³-hybridized carbons (Fsp3) is 0.875. The summed E-state index contributed by atoms with van der Waals surface area (Å²) in [7, 11) is 1.81. The van der Waals surface area contributed by atoms with Gasteiger partial charge in [-0.3, -0.25) is 4.79 Å². The van der Waals surface area contributed by atoms with Crippen LogP contribution in [0.3, 0.4) is 0 Å². The van der Waals surface area contributed by atoms with Gasteiger partial charge in [-0.1, -0.05) is 11.5 Å². The summed E-state index contributed by atoms with van der Waals surface area (Å²) in [5.74, 6) is 0.789. The molecule has 0 radical (unpaired) electrons. The first-order chi connectivity index (χ1) is 11.8. The van der Waals surface area contributed by atoms with Crippen LogP contribution < -0.4 is 4.90 Å². The molecule has 1 aromatic rings. The van der Waals surface area contributed by atoms with Crippen LogP contribution in [0, 0.1) is 5.41 Å². The second-order valence-corrected chi connectivity index (χ2v) is 8.46. The van der Waals surface area contributed by atoms with E-state index in [-0.39, 0.29) is 12.5 Å². The van der Waals surface area contributed by atoms with Crippen molar-refractivity contribution < 1.29 is 14.6 Å². The van der Waals surface area contributed by atoms with Gasteiger partial charge >= 0.3 is 0 Å². The molecule has 3 aliphatic rings. The van der Waals surface area contributed by atoms with Crippen LogP contribution in [0.15, 0.2) is 0 Å². The molecule has 2 aliphatic heterocycles. The largest absolute Gasteiger partial charge is 0.395 e. The van der Waals surface area contributed by atoms with Crippen molar-refractivity contribution in [1.29, 1.82) is 0 Å². The number of carbonyl (C=O) groups is 1. The van der Waals surface area contributed by atoms with Gasteiger partial charge in [0.15, 0.2) is 0 Å².